The Bertz CT molecular complexity index is 321. The molecule has 0 bridgehead atoms. The number of anilines is 1. The zero-order valence-corrected chi connectivity index (χ0v) is 5.29. The van der Waals surface area contributed by atoms with Crippen molar-refractivity contribution in [2.24, 2.45) is 5.84 Å². The lowest BCUT2D eigenvalue weighted by atomic mass is 10.2. The molecule has 1 aromatic rings. The Morgan fingerprint density at radius 1 is 1.40 bits per heavy atom. The number of aromatic hydroxyl groups is 1. The molecule has 1 rings (SSSR count). The number of hydrazine groups is 1. The van der Waals surface area contributed by atoms with Crippen LogP contribution in [0.4, 0.5) is 5.69 Å². The molecule has 0 aliphatic carbocycles. The molecule has 10 heavy (non-hydrogen) atoms. The molecule has 0 heterocycles. The molecule has 0 fully saturated rings. The van der Waals surface area contributed by atoms with Gasteiger partial charge in [0, 0.05) is 7.05 Å². The molecule has 54 valence electrons. The minimum atomic E-state index is -0.868. The van der Waals surface area contributed by atoms with Gasteiger partial charge in [0.2, 0.25) is 0 Å². The van der Waals surface area contributed by atoms with E-state index < -0.39 is 16.6 Å². The van der Waals surface area contributed by atoms with Gasteiger partial charge in [-0.2, -0.15) is 0 Å². The molecule has 0 saturated heterocycles. The largest absolute Gasteiger partial charge is 0.502 e. The molecule has 5 nitrogen and oxygen atoms in total. The predicted molar refractivity (Wildman–Crippen MR) is 35.6 cm³/mol. The zero-order valence-electron chi connectivity index (χ0n) is 5.29. The van der Waals surface area contributed by atoms with Crippen LogP contribution in [0.1, 0.15) is 0 Å². The van der Waals surface area contributed by atoms with Crippen LogP contribution < -0.4 is 21.7 Å². The molecular formula is C5H6N2O3. The monoisotopic (exact) mass is 142 g/mol. The normalized spacial score (nSPS) is 10.2. The van der Waals surface area contributed by atoms with E-state index in [1.54, 1.807) is 0 Å². The third kappa shape index (κ3) is 0.608. The molecule has 0 aliphatic rings. The average Bonchev–Trinajstić information content (AvgIpc) is 1.87. The van der Waals surface area contributed by atoms with Gasteiger partial charge >= 0.3 is 0 Å². The summed E-state index contributed by atoms with van der Waals surface area (Å²) in [5, 5.41) is 9.62. The van der Waals surface area contributed by atoms with Crippen LogP contribution in [0.25, 0.3) is 0 Å². The molecule has 0 spiro atoms. The lowest BCUT2D eigenvalue weighted by Gasteiger charge is -2.12. The second-order valence-corrected chi connectivity index (χ2v) is 1.97. The molecule has 0 saturated carbocycles. The van der Waals surface area contributed by atoms with Gasteiger partial charge < -0.3 is 10.1 Å². The van der Waals surface area contributed by atoms with Crippen LogP contribution >= 0.6 is 0 Å². The zero-order chi connectivity index (χ0) is 7.89. The highest BCUT2D eigenvalue weighted by Crippen LogP contribution is 2.15. The third-order valence-corrected chi connectivity index (χ3v) is 1.21. The van der Waals surface area contributed by atoms with Crippen LogP contribution in [0.15, 0.2) is 9.59 Å². The Hall–Kier alpha value is -1.36. The first-order valence-electron chi connectivity index (χ1n) is 2.56. The summed E-state index contributed by atoms with van der Waals surface area (Å²) in [5.41, 5.74) is -1.72. The van der Waals surface area contributed by atoms with Crippen molar-refractivity contribution in [3.05, 3.63) is 20.4 Å². The molecule has 5 heteroatoms. The second-order valence-electron chi connectivity index (χ2n) is 1.97. The fourth-order valence-electron chi connectivity index (χ4n) is 0.695. The van der Waals surface area contributed by atoms with Crippen LogP contribution in [0, 0.1) is 0 Å². The lowest BCUT2D eigenvalue weighted by molar-refractivity contribution is 0.462. The minimum absolute atomic E-state index is 0.120. The van der Waals surface area contributed by atoms with E-state index in [4.69, 9.17) is 10.9 Å². The summed E-state index contributed by atoms with van der Waals surface area (Å²) >= 11 is 0. The number of nitrogens with zero attached hydrogens (tertiary/aromatic N) is 1. The smallest absolute Gasteiger partial charge is 0.271 e. The molecule has 3 N–H and O–H groups in total. The van der Waals surface area contributed by atoms with E-state index in [-0.39, 0.29) is 5.69 Å². The highest BCUT2D eigenvalue weighted by molar-refractivity contribution is 5.61. The van der Waals surface area contributed by atoms with E-state index in [2.05, 4.69) is 0 Å². The molecule has 0 aliphatic heterocycles. The van der Waals surface area contributed by atoms with Gasteiger partial charge in [-0.15, -0.1) is 0 Å². The van der Waals surface area contributed by atoms with E-state index in [9.17, 15) is 9.59 Å². The SMILES string of the molecule is CN(N)c1c(O)c(=O)c1=O. The summed E-state index contributed by atoms with van der Waals surface area (Å²) in [6.07, 6.45) is 0. The summed E-state index contributed by atoms with van der Waals surface area (Å²) in [4.78, 5) is 20.9. The Morgan fingerprint density at radius 2 is 1.90 bits per heavy atom. The van der Waals surface area contributed by atoms with Crippen LogP contribution in [0.2, 0.25) is 0 Å². The maximum Gasteiger partial charge on any atom is 0.271 e. The van der Waals surface area contributed by atoms with Crippen LogP contribution in [0.5, 0.6) is 5.75 Å². The Kier molecular flexibility index (Phi) is 1.22. The number of nitrogens with two attached hydrogens (primary N) is 1. The fourth-order valence-corrected chi connectivity index (χ4v) is 0.695. The number of hydrogen-bond acceptors (Lipinski definition) is 5. The summed E-state index contributed by atoms with van der Waals surface area (Å²) in [6, 6.07) is 0. The first kappa shape index (κ1) is 6.76. The summed E-state index contributed by atoms with van der Waals surface area (Å²) in [7, 11) is 1.37. The number of rotatable bonds is 1. The van der Waals surface area contributed by atoms with Crippen molar-refractivity contribution >= 4 is 5.69 Å². The van der Waals surface area contributed by atoms with Crippen molar-refractivity contribution in [3.63, 3.8) is 0 Å². The Balaban J connectivity index is 3.23. The second kappa shape index (κ2) is 1.81. The Morgan fingerprint density at radius 3 is 2.10 bits per heavy atom. The van der Waals surface area contributed by atoms with Gasteiger partial charge in [0.25, 0.3) is 10.9 Å². The molecule has 1 aromatic carbocycles. The van der Waals surface area contributed by atoms with Crippen LogP contribution in [-0.4, -0.2) is 12.2 Å². The molecule has 0 atom stereocenters. The van der Waals surface area contributed by atoms with Gasteiger partial charge in [-0.05, 0) is 0 Å². The van der Waals surface area contributed by atoms with Gasteiger partial charge in [0.15, 0.2) is 5.75 Å². The van der Waals surface area contributed by atoms with Crippen molar-refractivity contribution in [3.8, 4) is 5.75 Å². The van der Waals surface area contributed by atoms with Crippen molar-refractivity contribution in [2.75, 3.05) is 12.1 Å². The predicted octanol–water partition coefficient (Wildman–Crippen LogP) is -1.70. The molecule has 0 amide bonds. The van der Waals surface area contributed by atoms with E-state index in [0.717, 1.165) is 5.01 Å². The maximum absolute atomic E-state index is 10.5. The van der Waals surface area contributed by atoms with Gasteiger partial charge in [0.05, 0.1) is 0 Å². The highest BCUT2D eigenvalue weighted by Gasteiger charge is 2.21. The summed E-state index contributed by atoms with van der Waals surface area (Å²) < 4.78 is 0. The van der Waals surface area contributed by atoms with Gasteiger partial charge in [0.1, 0.15) is 5.69 Å². The average molecular weight is 142 g/mol. The molecular weight excluding hydrogens is 136 g/mol. The van der Waals surface area contributed by atoms with Crippen molar-refractivity contribution in [1.82, 2.24) is 0 Å². The van der Waals surface area contributed by atoms with Gasteiger partial charge in [-0.25, -0.2) is 5.84 Å². The first-order chi connectivity index (χ1) is 4.55. The quantitative estimate of drug-likeness (QED) is 0.277. The van der Waals surface area contributed by atoms with E-state index in [1.807, 2.05) is 0 Å². The van der Waals surface area contributed by atoms with Gasteiger partial charge in [-0.1, -0.05) is 0 Å². The third-order valence-electron chi connectivity index (χ3n) is 1.21. The lowest BCUT2D eigenvalue weighted by Crippen LogP contribution is -2.41. The Labute approximate surface area is 56.0 Å². The fraction of sp³-hybridized carbons (Fsp3) is 0.200. The van der Waals surface area contributed by atoms with Crippen molar-refractivity contribution in [1.29, 1.82) is 0 Å². The standard InChI is InChI=1S/C5H6N2O3/c1-7(6)2-3(8)5(10)4(2)9/h8H,6H2,1H3. The van der Waals surface area contributed by atoms with E-state index in [0.29, 0.717) is 0 Å². The minimum Gasteiger partial charge on any atom is -0.502 e. The topological polar surface area (TPSA) is 83.6 Å². The maximum atomic E-state index is 10.5. The molecule has 0 aromatic heterocycles. The van der Waals surface area contributed by atoms with Crippen LogP contribution in [-0.2, 0) is 0 Å². The summed E-state index contributed by atoms with van der Waals surface area (Å²) in [5.74, 6) is 4.54. The summed E-state index contributed by atoms with van der Waals surface area (Å²) in [6.45, 7) is 0. The van der Waals surface area contributed by atoms with Gasteiger partial charge in [-0.3, -0.25) is 9.59 Å². The van der Waals surface area contributed by atoms with Crippen molar-refractivity contribution in [2.45, 2.75) is 0 Å². The van der Waals surface area contributed by atoms with E-state index in [1.165, 1.54) is 7.05 Å². The molecule has 0 unspecified atom stereocenters. The highest BCUT2D eigenvalue weighted by atomic mass is 16.3. The van der Waals surface area contributed by atoms with Crippen molar-refractivity contribution < 1.29 is 5.11 Å². The number of hydrogen-bond donors (Lipinski definition) is 2. The molecule has 0 radical (unpaired) electrons. The van der Waals surface area contributed by atoms with Crippen LogP contribution in [0.3, 0.4) is 0 Å². The van der Waals surface area contributed by atoms with E-state index >= 15 is 0 Å². The first-order valence-corrected chi connectivity index (χ1v) is 2.56.